The summed E-state index contributed by atoms with van der Waals surface area (Å²) in [6, 6.07) is 21.3. The first-order valence-electron chi connectivity index (χ1n) is 7.69. The summed E-state index contributed by atoms with van der Waals surface area (Å²) < 4.78 is 1.02. The summed E-state index contributed by atoms with van der Waals surface area (Å²) in [5.41, 5.74) is 7.67. The Kier molecular flexibility index (Phi) is 3.40. The van der Waals surface area contributed by atoms with E-state index in [1.165, 1.54) is 22.3 Å². The molecule has 0 saturated heterocycles. The van der Waals surface area contributed by atoms with E-state index in [-0.39, 0.29) is 5.41 Å². The molecule has 0 radical (unpaired) electrons. The molecule has 0 aliphatic heterocycles. The summed E-state index contributed by atoms with van der Waals surface area (Å²) >= 11 is 10.1. The van der Waals surface area contributed by atoms with Crippen LogP contribution in [0.15, 0.2) is 65.1 Å². The van der Waals surface area contributed by atoms with Gasteiger partial charge in [0.25, 0.3) is 0 Å². The fraction of sp³-hybridized carbons (Fsp3) is 0.143. The van der Waals surface area contributed by atoms with Gasteiger partial charge in [-0.25, -0.2) is 0 Å². The Bertz CT molecular complexity index is 905. The van der Waals surface area contributed by atoms with Crippen LogP contribution < -0.4 is 0 Å². The molecule has 0 nitrogen and oxygen atoms in total. The Morgan fingerprint density at radius 1 is 0.826 bits per heavy atom. The monoisotopic (exact) mass is 382 g/mol. The van der Waals surface area contributed by atoms with Crippen molar-refractivity contribution in [3.8, 4) is 22.3 Å². The van der Waals surface area contributed by atoms with Crippen LogP contribution in [-0.2, 0) is 5.41 Å². The molecular formula is C21H16BrCl. The third-order valence-corrected chi connectivity index (χ3v) is 5.81. The Morgan fingerprint density at radius 2 is 1.57 bits per heavy atom. The van der Waals surface area contributed by atoms with Gasteiger partial charge in [-0.3, -0.25) is 0 Å². The van der Waals surface area contributed by atoms with E-state index in [9.17, 15) is 0 Å². The average Bonchev–Trinajstić information content (AvgIpc) is 2.76. The lowest BCUT2D eigenvalue weighted by Gasteiger charge is -2.21. The fourth-order valence-corrected chi connectivity index (χ4v) is 4.64. The minimum atomic E-state index is 0.0438. The van der Waals surface area contributed by atoms with E-state index in [2.05, 4.69) is 72.2 Å². The topological polar surface area (TPSA) is 0 Å². The lowest BCUT2D eigenvalue weighted by molar-refractivity contribution is 0.660. The SMILES string of the molecule is CC1(C)c2ccccc2-c2cc(-c3c(Cl)cccc3Br)ccc21. The van der Waals surface area contributed by atoms with Crippen molar-refractivity contribution in [3.05, 3.63) is 81.3 Å². The molecule has 2 heteroatoms. The highest BCUT2D eigenvalue weighted by atomic mass is 79.9. The number of rotatable bonds is 1. The van der Waals surface area contributed by atoms with Gasteiger partial charge in [0.15, 0.2) is 0 Å². The van der Waals surface area contributed by atoms with Gasteiger partial charge in [0, 0.05) is 20.5 Å². The van der Waals surface area contributed by atoms with Crippen LogP contribution in [0.4, 0.5) is 0 Å². The van der Waals surface area contributed by atoms with Crippen molar-refractivity contribution in [2.75, 3.05) is 0 Å². The lowest BCUT2D eigenvalue weighted by atomic mass is 9.82. The van der Waals surface area contributed by atoms with Crippen LogP contribution in [0, 0.1) is 0 Å². The molecule has 4 rings (SSSR count). The highest BCUT2D eigenvalue weighted by molar-refractivity contribution is 9.10. The molecule has 0 saturated carbocycles. The smallest absolute Gasteiger partial charge is 0.0495 e. The van der Waals surface area contributed by atoms with Gasteiger partial charge in [0.05, 0.1) is 0 Å². The molecule has 0 aromatic heterocycles. The van der Waals surface area contributed by atoms with E-state index in [0.29, 0.717) is 0 Å². The summed E-state index contributed by atoms with van der Waals surface area (Å²) in [5, 5.41) is 0.768. The van der Waals surface area contributed by atoms with Gasteiger partial charge in [-0.05, 0) is 46.0 Å². The zero-order chi connectivity index (χ0) is 16.2. The van der Waals surface area contributed by atoms with Crippen LogP contribution in [0.3, 0.4) is 0 Å². The highest BCUT2D eigenvalue weighted by Crippen LogP contribution is 2.50. The van der Waals surface area contributed by atoms with Gasteiger partial charge in [-0.2, -0.15) is 0 Å². The Balaban J connectivity index is 1.99. The second-order valence-electron chi connectivity index (χ2n) is 6.53. The highest BCUT2D eigenvalue weighted by Gasteiger charge is 2.35. The zero-order valence-corrected chi connectivity index (χ0v) is 15.4. The first-order valence-corrected chi connectivity index (χ1v) is 8.86. The van der Waals surface area contributed by atoms with Crippen LogP contribution in [0.5, 0.6) is 0 Å². The predicted octanol–water partition coefficient (Wildman–Crippen LogP) is 7.08. The number of hydrogen-bond donors (Lipinski definition) is 0. The molecule has 114 valence electrons. The number of fused-ring (bicyclic) bond motifs is 3. The van der Waals surface area contributed by atoms with Gasteiger partial charge < -0.3 is 0 Å². The van der Waals surface area contributed by atoms with E-state index in [0.717, 1.165) is 20.6 Å². The van der Waals surface area contributed by atoms with Crippen molar-refractivity contribution in [3.63, 3.8) is 0 Å². The van der Waals surface area contributed by atoms with E-state index < -0.39 is 0 Å². The lowest BCUT2D eigenvalue weighted by Crippen LogP contribution is -2.14. The fourth-order valence-electron chi connectivity index (χ4n) is 3.65. The third-order valence-electron chi connectivity index (χ3n) is 4.83. The molecule has 0 bridgehead atoms. The summed E-state index contributed by atoms with van der Waals surface area (Å²) in [6.07, 6.45) is 0. The zero-order valence-electron chi connectivity index (χ0n) is 13.0. The molecule has 0 spiro atoms. The van der Waals surface area contributed by atoms with Crippen LogP contribution in [-0.4, -0.2) is 0 Å². The standard InChI is InChI=1S/C21H16BrCl/c1-21(2)16-7-4-3-6-14(16)15-12-13(10-11-17(15)21)20-18(22)8-5-9-19(20)23/h3-12H,1-2H3. The van der Waals surface area contributed by atoms with Crippen LogP contribution >= 0.6 is 27.5 Å². The van der Waals surface area contributed by atoms with Gasteiger partial charge >= 0.3 is 0 Å². The Hall–Kier alpha value is -1.57. The van der Waals surface area contributed by atoms with Crippen LogP contribution in [0.2, 0.25) is 5.02 Å². The van der Waals surface area contributed by atoms with Crippen molar-refractivity contribution >= 4 is 27.5 Å². The van der Waals surface area contributed by atoms with E-state index in [1.54, 1.807) is 0 Å². The molecule has 3 aromatic rings. The minimum Gasteiger partial charge on any atom is -0.0836 e. The quantitative estimate of drug-likeness (QED) is 0.421. The molecule has 0 amide bonds. The summed E-state index contributed by atoms with van der Waals surface area (Å²) in [6.45, 7) is 4.59. The third kappa shape index (κ3) is 2.18. The van der Waals surface area contributed by atoms with E-state index in [4.69, 9.17) is 11.6 Å². The van der Waals surface area contributed by atoms with Crippen molar-refractivity contribution in [1.82, 2.24) is 0 Å². The summed E-state index contributed by atoms with van der Waals surface area (Å²) in [7, 11) is 0. The van der Waals surface area contributed by atoms with Crippen LogP contribution in [0.25, 0.3) is 22.3 Å². The van der Waals surface area contributed by atoms with Crippen molar-refractivity contribution < 1.29 is 0 Å². The molecular weight excluding hydrogens is 368 g/mol. The second-order valence-corrected chi connectivity index (χ2v) is 7.79. The molecule has 0 N–H and O–H groups in total. The van der Waals surface area contributed by atoms with Gasteiger partial charge in [-0.1, -0.05) is 83.8 Å². The van der Waals surface area contributed by atoms with Crippen molar-refractivity contribution in [2.45, 2.75) is 19.3 Å². The summed E-state index contributed by atoms with van der Waals surface area (Å²) in [5.74, 6) is 0. The molecule has 0 unspecified atom stereocenters. The van der Waals surface area contributed by atoms with E-state index in [1.807, 2.05) is 18.2 Å². The second kappa shape index (κ2) is 5.22. The van der Waals surface area contributed by atoms with Crippen LogP contribution in [0.1, 0.15) is 25.0 Å². The van der Waals surface area contributed by atoms with Crippen molar-refractivity contribution in [1.29, 1.82) is 0 Å². The number of halogens is 2. The van der Waals surface area contributed by atoms with Crippen molar-refractivity contribution in [2.24, 2.45) is 0 Å². The van der Waals surface area contributed by atoms with Gasteiger partial charge in [-0.15, -0.1) is 0 Å². The molecule has 0 fully saturated rings. The number of hydrogen-bond acceptors (Lipinski definition) is 0. The molecule has 0 atom stereocenters. The summed E-state index contributed by atoms with van der Waals surface area (Å²) in [4.78, 5) is 0. The normalized spacial score (nSPS) is 14.4. The first-order chi connectivity index (χ1) is 11.0. The average molecular weight is 384 g/mol. The Labute approximate surface area is 150 Å². The predicted molar refractivity (Wildman–Crippen MR) is 102 cm³/mol. The largest absolute Gasteiger partial charge is 0.0836 e. The van der Waals surface area contributed by atoms with Gasteiger partial charge in [0.1, 0.15) is 0 Å². The minimum absolute atomic E-state index is 0.0438. The maximum Gasteiger partial charge on any atom is 0.0495 e. The number of benzene rings is 3. The molecule has 3 aromatic carbocycles. The van der Waals surface area contributed by atoms with Gasteiger partial charge in [0.2, 0.25) is 0 Å². The maximum absolute atomic E-state index is 6.44. The molecule has 1 aliphatic carbocycles. The maximum atomic E-state index is 6.44. The first kappa shape index (κ1) is 15.0. The molecule has 1 aliphatic rings. The molecule has 0 heterocycles. The molecule has 23 heavy (non-hydrogen) atoms. The van der Waals surface area contributed by atoms with E-state index >= 15 is 0 Å². The Morgan fingerprint density at radius 3 is 2.35 bits per heavy atom.